The van der Waals surface area contributed by atoms with Gasteiger partial charge in [-0.1, -0.05) is 17.8 Å². The van der Waals surface area contributed by atoms with Gasteiger partial charge in [-0.2, -0.15) is 4.31 Å². The van der Waals surface area contributed by atoms with Crippen molar-refractivity contribution in [3.63, 3.8) is 0 Å². The van der Waals surface area contributed by atoms with Crippen molar-refractivity contribution in [1.82, 2.24) is 19.2 Å². The molecule has 3 aromatic rings. The summed E-state index contributed by atoms with van der Waals surface area (Å²) in [6.07, 6.45) is 4.56. The number of amides is 1. The van der Waals surface area contributed by atoms with Crippen LogP contribution in [0.1, 0.15) is 28.9 Å². The van der Waals surface area contributed by atoms with Gasteiger partial charge >= 0.3 is 0 Å². The van der Waals surface area contributed by atoms with Gasteiger partial charge in [-0.15, -0.1) is 11.3 Å². The predicted octanol–water partition coefficient (Wildman–Crippen LogP) is 2.89. The van der Waals surface area contributed by atoms with E-state index >= 15 is 0 Å². The number of carbonyl (C=O) groups is 1. The minimum Gasteiger partial charge on any atom is -0.344 e. The van der Waals surface area contributed by atoms with E-state index in [0.717, 1.165) is 34.7 Å². The summed E-state index contributed by atoms with van der Waals surface area (Å²) in [7, 11) is -3.63. The highest BCUT2D eigenvalue weighted by atomic mass is 32.2. The number of carbonyl (C=O) groups excluding carboxylic acids is 1. The van der Waals surface area contributed by atoms with E-state index in [1.165, 1.54) is 15.6 Å². The van der Waals surface area contributed by atoms with Gasteiger partial charge in [0.05, 0.1) is 0 Å². The third kappa shape index (κ3) is 3.95. The fourth-order valence-electron chi connectivity index (χ4n) is 4.04. The Balaban J connectivity index is 1.29. The Morgan fingerprint density at radius 1 is 1.00 bits per heavy atom. The zero-order valence-corrected chi connectivity index (χ0v) is 19.4. The molecule has 0 bridgehead atoms. The summed E-state index contributed by atoms with van der Waals surface area (Å²) in [6.45, 7) is 3.44. The number of thiophene rings is 1. The number of thiazole rings is 1. The van der Waals surface area contributed by atoms with Crippen LogP contribution in [0.15, 0.2) is 34.7 Å². The lowest BCUT2D eigenvalue weighted by Crippen LogP contribution is -2.49. The highest BCUT2D eigenvalue weighted by molar-refractivity contribution is 7.89. The number of piperazine rings is 1. The quantitative estimate of drug-likeness (QED) is 0.574. The van der Waals surface area contributed by atoms with E-state index in [9.17, 15) is 13.2 Å². The van der Waals surface area contributed by atoms with Gasteiger partial charge in [-0.25, -0.2) is 18.4 Å². The topological polar surface area (TPSA) is 86.7 Å². The standard InChI is InChI=1S/C20H23N5O3S3/c26-19(17-16(6-14-29-17)31(27,28)25-8-2-1-3-9-25)23-10-12-24(13-11-23)20-22-15-5-4-7-21-18(15)30-20/h4-7,14H,1-3,8-13H2. The van der Waals surface area contributed by atoms with Gasteiger partial charge in [-0.3, -0.25) is 4.79 Å². The second kappa shape index (κ2) is 8.45. The molecule has 11 heteroatoms. The molecule has 0 unspecified atom stereocenters. The monoisotopic (exact) mass is 477 g/mol. The molecule has 5 rings (SSSR count). The van der Waals surface area contributed by atoms with Crippen molar-refractivity contribution < 1.29 is 13.2 Å². The number of nitrogens with zero attached hydrogens (tertiary/aromatic N) is 5. The number of rotatable bonds is 4. The number of hydrogen-bond donors (Lipinski definition) is 0. The van der Waals surface area contributed by atoms with Crippen molar-refractivity contribution in [3.05, 3.63) is 34.7 Å². The number of sulfonamides is 1. The average molecular weight is 478 g/mol. The molecule has 0 N–H and O–H groups in total. The summed E-state index contributed by atoms with van der Waals surface area (Å²) in [5, 5.41) is 2.61. The Labute approximate surface area is 189 Å². The summed E-state index contributed by atoms with van der Waals surface area (Å²) in [5.74, 6) is -0.198. The van der Waals surface area contributed by atoms with Crippen LogP contribution in [-0.4, -0.2) is 72.8 Å². The van der Waals surface area contributed by atoms with Crippen molar-refractivity contribution in [3.8, 4) is 0 Å². The molecule has 2 aliphatic heterocycles. The number of pyridine rings is 1. The number of piperidine rings is 1. The van der Waals surface area contributed by atoms with Crippen LogP contribution in [0.3, 0.4) is 0 Å². The summed E-state index contributed by atoms with van der Waals surface area (Å²) >= 11 is 2.76. The molecule has 0 aliphatic carbocycles. The number of anilines is 1. The van der Waals surface area contributed by atoms with Gasteiger partial charge in [0.15, 0.2) is 5.13 Å². The van der Waals surface area contributed by atoms with Crippen LogP contribution in [-0.2, 0) is 10.0 Å². The van der Waals surface area contributed by atoms with Crippen LogP contribution in [0.4, 0.5) is 5.13 Å². The molecule has 0 aromatic carbocycles. The van der Waals surface area contributed by atoms with Crippen LogP contribution in [0.25, 0.3) is 10.3 Å². The van der Waals surface area contributed by atoms with Crippen LogP contribution in [0.2, 0.25) is 0 Å². The van der Waals surface area contributed by atoms with E-state index in [1.54, 1.807) is 33.9 Å². The lowest BCUT2D eigenvalue weighted by Gasteiger charge is -2.34. The average Bonchev–Trinajstić information content (AvgIpc) is 3.47. The Bertz CT molecular complexity index is 1160. The van der Waals surface area contributed by atoms with E-state index in [1.807, 2.05) is 12.1 Å². The maximum absolute atomic E-state index is 13.2. The zero-order valence-electron chi connectivity index (χ0n) is 16.9. The molecule has 164 valence electrons. The van der Waals surface area contributed by atoms with Crippen molar-refractivity contribution in [2.24, 2.45) is 0 Å². The van der Waals surface area contributed by atoms with E-state index in [2.05, 4.69) is 14.9 Å². The molecule has 0 saturated carbocycles. The Kier molecular flexibility index (Phi) is 5.67. The molecule has 5 heterocycles. The van der Waals surface area contributed by atoms with Crippen LogP contribution in [0.5, 0.6) is 0 Å². The normalized spacial score (nSPS) is 18.6. The highest BCUT2D eigenvalue weighted by Crippen LogP contribution is 2.30. The molecule has 1 amide bonds. The van der Waals surface area contributed by atoms with Crippen molar-refractivity contribution in [1.29, 1.82) is 0 Å². The minimum absolute atomic E-state index is 0.157. The molecule has 0 radical (unpaired) electrons. The molecule has 31 heavy (non-hydrogen) atoms. The van der Waals surface area contributed by atoms with Crippen molar-refractivity contribution >= 4 is 54.1 Å². The van der Waals surface area contributed by atoms with E-state index in [0.29, 0.717) is 44.1 Å². The second-order valence-electron chi connectivity index (χ2n) is 7.68. The first-order chi connectivity index (χ1) is 15.0. The lowest BCUT2D eigenvalue weighted by atomic mass is 10.2. The molecule has 0 spiro atoms. The van der Waals surface area contributed by atoms with Crippen molar-refractivity contribution in [2.75, 3.05) is 44.2 Å². The number of fused-ring (bicyclic) bond motifs is 1. The minimum atomic E-state index is -3.63. The SMILES string of the molecule is O=C(c1sccc1S(=O)(=O)N1CCCCC1)N1CCN(c2nc3cccnc3s2)CC1. The highest BCUT2D eigenvalue weighted by Gasteiger charge is 2.33. The fraction of sp³-hybridized carbons (Fsp3) is 0.450. The number of aromatic nitrogens is 2. The summed E-state index contributed by atoms with van der Waals surface area (Å²) in [5.41, 5.74) is 0.882. The Morgan fingerprint density at radius 2 is 1.77 bits per heavy atom. The molecule has 0 atom stereocenters. The largest absolute Gasteiger partial charge is 0.344 e. The summed E-state index contributed by atoms with van der Waals surface area (Å²) in [4.78, 5) is 27.5. The Morgan fingerprint density at radius 3 is 2.52 bits per heavy atom. The van der Waals surface area contributed by atoms with E-state index in [-0.39, 0.29) is 10.8 Å². The molecule has 8 nitrogen and oxygen atoms in total. The second-order valence-corrected chi connectivity index (χ2v) is 11.5. The maximum Gasteiger partial charge on any atom is 0.265 e. The van der Waals surface area contributed by atoms with Gasteiger partial charge in [0.1, 0.15) is 20.1 Å². The zero-order chi connectivity index (χ0) is 21.4. The molecule has 2 aliphatic rings. The van der Waals surface area contributed by atoms with E-state index in [4.69, 9.17) is 0 Å². The molecule has 2 saturated heterocycles. The van der Waals surface area contributed by atoms with Gasteiger partial charge in [0, 0.05) is 45.5 Å². The van der Waals surface area contributed by atoms with Gasteiger partial charge in [0.2, 0.25) is 10.0 Å². The van der Waals surface area contributed by atoms with Crippen LogP contribution < -0.4 is 4.90 Å². The number of hydrogen-bond acceptors (Lipinski definition) is 8. The summed E-state index contributed by atoms with van der Waals surface area (Å²) in [6, 6.07) is 5.40. The predicted molar refractivity (Wildman–Crippen MR) is 122 cm³/mol. The van der Waals surface area contributed by atoms with Crippen LogP contribution >= 0.6 is 22.7 Å². The third-order valence-corrected chi connectivity index (χ3v) is 9.76. The molecular weight excluding hydrogens is 454 g/mol. The molecule has 3 aromatic heterocycles. The first-order valence-corrected chi connectivity index (χ1v) is 13.5. The smallest absolute Gasteiger partial charge is 0.265 e. The van der Waals surface area contributed by atoms with E-state index < -0.39 is 10.0 Å². The maximum atomic E-state index is 13.2. The Hall–Kier alpha value is -2.08. The molecule has 2 fully saturated rings. The first-order valence-electron chi connectivity index (χ1n) is 10.4. The van der Waals surface area contributed by atoms with Gasteiger partial charge in [-0.05, 0) is 36.4 Å². The third-order valence-electron chi connectivity index (χ3n) is 5.75. The fourth-order valence-corrected chi connectivity index (χ4v) is 7.88. The van der Waals surface area contributed by atoms with Gasteiger partial charge < -0.3 is 9.80 Å². The first kappa shape index (κ1) is 20.8. The van der Waals surface area contributed by atoms with Crippen LogP contribution in [0, 0.1) is 0 Å². The molecular formula is C20H23N5O3S3. The summed E-state index contributed by atoms with van der Waals surface area (Å²) < 4.78 is 27.8. The van der Waals surface area contributed by atoms with Gasteiger partial charge in [0.25, 0.3) is 5.91 Å². The lowest BCUT2D eigenvalue weighted by molar-refractivity contribution is 0.0748. The van der Waals surface area contributed by atoms with Crippen molar-refractivity contribution in [2.45, 2.75) is 24.2 Å².